The molecule has 186 valence electrons. The molecule has 9 heteroatoms. The topological polar surface area (TPSA) is 123 Å². The molecule has 1 aromatic rings. The van der Waals surface area contributed by atoms with Crippen molar-refractivity contribution in [1.82, 2.24) is 20.9 Å². The Morgan fingerprint density at radius 3 is 2.89 bits per heavy atom. The molecule has 0 unspecified atom stereocenters. The third-order valence-corrected chi connectivity index (χ3v) is 7.11. The van der Waals surface area contributed by atoms with Gasteiger partial charge in [0.05, 0.1) is 11.9 Å². The predicted molar refractivity (Wildman–Crippen MR) is 141 cm³/mol. The van der Waals surface area contributed by atoms with E-state index in [1.807, 2.05) is 0 Å². The highest BCUT2D eigenvalue weighted by atomic mass is 16.5. The second kappa shape index (κ2) is 10.5. The molecule has 0 radical (unpaired) electrons. The van der Waals surface area contributed by atoms with Gasteiger partial charge in [0.15, 0.2) is 23.3 Å². The Labute approximate surface area is 207 Å². The first-order chi connectivity index (χ1) is 17.1. The minimum Gasteiger partial charge on any atom is -0.450 e. The van der Waals surface area contributed by atoms with E-state index in [2.05, 4.69) is 63.2 Å². The summed E-state index contributed by atoms with van der Waals surface area (Å²) in [7, 11) is 0. The van der Waals surface area contributed by atoms with E-state index in [0.29, 0.717) is 12.1 Å². The summed E-state index contributed by atoms with van der Waals surface area (Å²) in [5.41, 5.74) is 8.87. The SMILES string of the molecule is C=C1N=C2Nc3cc(C4=CCNCC4)ccc3OC2=CN1C1CCC(NCCCNC(=N)N)CC1. The number of amidine groups is 1. The molecule has 4 aliphatic rings. The lowest BCUT2D eigenvalue weighted by atomic mass is 9.90. The Morgan fingerprint density at radius 1 is 1.26 bits per heavy atom. The zero-order valence-corrected chi connectivity index (χ0v) is 20.2. The number of aliphatic imine (C=N–C) groups is 1. The number of anilines is 1. The van der Waals surface area contributed by atoms with Crippen molar-refractivity contribution in [3.05, 3.63) is 54.2 Å². The van der Waals surface area contributed by atoms with Crippen LogP contribution in [-0.4, -0.2) is 55.0 Å². The number of benzene rings is 1. The Bertz CT molecular complexity index is 1070. The van der Waals surface area contributed by atoms with E-state index in [4.69, 9.17) is 20.9 Å². The first kappa shape index (κ1) is 23.4. The van der Waals surface area contributed by atoms with E-state index in [1.54, 1.807) is 0 Å². The molecule has 1 fully saturated rings. The summed E-state index contributed by atoms with van der Waals surface area (Å²) in [4.78, 5) is 6.96. The van der Waals surface area contributed by atoms with E-state index in [-0.39, 0.29) is 5.96 Å². The van der Waals surface area contributed by atoms with Crippen molar-refractivity contribution in [3.8, 4) is 5.75 Å². The zero-order chi connectivity index (χ0) is 24.2. The number of nitrogens with zero attached hydrogens (tertiary/aromatic N) is 2. The number of nitrogens with two attached hydrogens (primary N) is 1. The molecule has 35 heavy (non-hydrogen) atoms. The van der Waals surface area contributed by atoms with Crippen LogP contribution in [0.15, 0.2) is 53.6 Å². The highest BCUT2D eigenvalue weighted by molar-refractivity contribution is 6.10. The van der Waals surface area contributed by atoms with Crippen molar-refractivity contribution >= 4 is 23.1 Å². The van der Waals surface area contributed by atoms with Gasteiger partial charge in [0, 0.05) is 25.2 Å². The number of hydrogen-bond acceptors (Lipinski definition) is 7. The average molecular weight is 477 g/mol. The monoisotopic (exact) mass is 476 g/mol. The molecule has 0 atom stereocenters. The third-order valence-electron chi connectivity index (χ3n) is 7.11. The molecule has 3 heterocycles. The van der Waals surface area contributed by atoms with Crippen molar-refractivity contribution in [1.29, 1.82) is 5.41 Å². The Kier molecular flexibility index (Phi) is 7.06. The molecule has 0 saturated heterocycles. The van der Waals surface area contributed by atoms with Gasteiger partial charge in [-0.2, -0.15) is 0 Å². The van der Waals surface area contributed by atoms with Crippen LogP contribution in [-0.2, 0) is 0 Å². The Morgan fingerprint density at radius 2 is 2.11 bits per heavy atom. The van der Waals surface area contributed by atoms with Crippen LogP contribution < -0.4 is 31.7 Å². The molecule has 0 bridgehead atoms. The van der Waals surface area contributed by atoms with Crippen LogP contribution in [0, 0.1) is 5.41 Å². The maximum absolute atomic E-state index is 7.21. The van der Waals surface area contributed by atoms with Crippen molar-refractivity contribution in [2.75, 3.05) is 31.5 Å². The summed E-state index contributed by atoms with van der Waals surface area (Å²) in [6, 6.07) is 7.25. The number of ether oxygens (including phenoxy) is 1. The number of hydrogen-bond donors (Lipinski definition) is 6. The van der Waals surface area contributed by atoms with Gasteiger partial charge in [-0.25, -0.2) is 4.99 Å². The van der Waals surface area contributed by atoms with Gasteiger partial charge in [-0.15, -0.1) is 0 Å². The van der Waals surface area contributed by atoms with Crippen LogP contribution in [0.2, 0.25) is 0 Å². The van der Waals surface area contributed by atoms with E-state index < -0.39 is 0 Å². The number of guanidine groups is 1. The van der Waals surface area contributed by atoms with Gasteiger partial charge in [-0.3, -0.25) is 5.41 Å². The summed E-state index contributed by atoms with van der Waals surface area (Å²) in [5, 5.41) is 20.5. The molecule has 7 N–H and O–H groups in total. The fourth-order valence-corrected chi connectivity index (χ4v) is 5.21. The van der Waals surface area contributed by atoms with Gasteiger partial charge < -0.3 is 36.6 Å². The normalized spacial score (nSPS) is 23.6. The van der Waals surface area contributed by atoms with Gasteiger partial charge >= 0.3 is 0 Å². The van der Waals surface area contributed by atoms with Crippen LogP contribution in [0.25, 0.3) is 5.57 Å². The maximum atomic E-state index is 7.21. The van der Waals surface area contributed by atoms with Crippen molar-refractivity contribution in [2.24, 2.45) is 10.7 Å². The Balaban J connectivity index is 1.18. The van der Waals surface area contributed by atoms with Crippen LogP contribution in [0.1, 0.15) is 44.1 Å². The molecular weight excluding hydrogens is 440 g/mol. The summed E-state index contributed by atoms with van der Waals surface area (Å²) in [6.07, 6.45) is 10.7. The van der Waals surface area contributed by atoms with E-state index in [9.17, 15) is 0 Å². The van der Waals surface area contributed by atoms with Crippen molar-refractivity contribution < 1.29 is 4.74 Å². The van der Waals surface area contributed by atoms with Crippen LogP contribution in [0.4, 0.5) is 5.69 Å². The zero-order valence-electron chi connectivity index (χ0n) is 20.2. The van der Waals surface area contributed by atoms with Crippen molar-refractivity contribution in [3.63, 3.8) is 0 Å². The minimum atomic E-state index is 0.0347. The summed E-state index contributed by atoms with van der Waals surface area (Å²) >= 11 is 0. The number of fused-ring (bicyclic) bond motifs is 2. The number of nitrogens with one attached hydrogen (secondary N) is 5. The molecule has 1 aromatic carbocycles. The first-order valence-corrected chi connectivity index (χ1v) is 12.7. The molecule has 3 aliphatic heterocycles. The fourth-order valence-electron chi connectivity index (χ4n) is 5.21. The van der Waals surface area contributed by atoms with E-state index >= 15 is 0 Å². The molecule has 1 saturated carbocycles. The summed E-state index contributed by atoms with van der Waals surface area (Å²) in [6.45, 7) is 7.83. The first-order valence-electron chi connectivity index (χ1n) is 12.7. The lowest BCUT2D eigenvalue weighted by Gasteiger charge is -2.39. The molecule has 0 spiro atoms. The summed E-state index contributed by atoms with van der Waals surface area (Å²) < 4.78 is 6.27. The fraction of sp³-hybridized carbons (Fsp3) is 0.462. The Hall–Kier alpha value is -3.30. The summed E-state index contributed by atoms with van der Waals surface area (Å²) in [5.74, 6) is 3.09. The standard InChI is InChI=1S/C26H36N8O/c1-17-32-25-24(35-23-8-3-19(15-22(23)33-25)18-9-13-29-14-10-18)16-34(17)21-6-4-20(5-7-21)30-11-2-12-31-26(27)28/h3,8-9,15-16,20-21,29-30H,1-2,4-7,10-14H2,(H,32,33)(H4,27,28,31). The van der Waals surface area contributed by atoms with Gasteiger partial charge in [-0.05, 0) is 74.9 Å². The van der Waals surface area contributed by atoms with Crippen LogP contribution >= 0.6 is 0 Å². The molecule has 1 aliphatic carbocycles. The lowest BCUT2D eigenvalue weighted by molar-refractivity contribution is 0.222. The highest BCUT2D eigenvalue weighted by Crippen LogP contribution is 2.37. The number of rotatable bonds is 7. The minimum absolute atomic E-state index is 0.0347. The predicted octanol–water partition coefficient (Wildman–Crippen LogP) is 2.67. The molecular formula is C26H36N8O. The van der Waals surface area contributed by atoms with E-state index in [0.717, 1.165) is 93.6 Å². The third kappa shape index (κ3) is 5.52. The molecule has 9 nitrogen and oxygen atoms in total. The van der Waals surface area contributed by atoms with Gasteiger partial charge in [0.1, 0.15) is 5.82 Å². The van der Waals surface area contributed by atoms with E-state index in [1.165, 1.54) is 11.1 Å². The van der Waals surface area contributed by atoms with Crippen LogP contribution in [0.3, 0.4) is 0 Å². The second-order valence-corrected chi connectivity index (χ2v) is 9.55. The highest BCUT2D eigenvalue weighted by Gasteiger charge is 2.31. The van der Waals surface area contributed by atoms with Crippen molar-refractivity contribution in [2.45, 2.75) is 50.6 Å². The van der Waals surface area contributed by atoms with Crippen LogP contribution in [0.5, 0.6) is 5.75 Å². The largest absolute Gasteiger partial charge is 0.450 e. The average Bonchev–Trinajstić information content (AvgIpc) is 2.87. The molecule has 5 rings (SSSR count). The van der Waals surface area contributed by atoms with Gasteiger partial charge in [0.25, 0.3) is 0 Å². The molecule has 0 amide bonds. The molecule has 0 aromatic heterocycles. The lowest BCUT2D eigenvalue weighted by Crippen LogP contribution is -2.42. The van der Waals surface area contributed by atoms with Gasteiger partial charge in [-0.1, -0.05) is 18.7 Å². The maximum Gasteiger partial charge on any atom is 0.186 e. The van der Waals surface area contributed by atoms with Gasteiger partial charge in [0.2, 0.25) is 0 Å². The smallest absolute Gasteiger partial charge is 0.186 e. The second-order valence-electron chi connectivity index (χ2n) is 9.55. The quantitative estimate of drug-likeness (QED) is 0.203.